The summed E-state index contributed by atoms with van der Waals surface area (Å²) in [6, 6.07) is 11.4. The molecular weight excluding hydrogens is 268 g/mol. The minimum Gasteiger partial charge on any atom is -0.365 e. The monoisotopic (exact) mass is 284 g/mol. The molecule has 0 spiro atoms. The summed E-state index contributed by atoms with van der Waals surface area (Å²) in [5.41, 5.74) is 3.44. The first kappa shape index (κ1) is 13.3. The van der Waals surface area contributed by atoms with E-state index in [9.17, 15) is 4.79 Å². The van der Waals surface area contributed by atoms with Gasteiger partial charge in [0.25, 0.3) is 0 Å². The first-order chi connectivity index (χ1) is 10.2. The number of anilines is 2. The lowest BCUT2D eigenvalue weighted by Gasteiger charge is -2.13. The highest BCUT2D eigenvalue weighted by molar-refractivity contribution is 5.79. The Kier molecular flexibility index (Phi) is 3.65. The van der Waals surface area contributed by atoms with Gasteiger partial charge in [-0.3, -0.25) is 4.79 Å². The van der Waals surface area contributed by atoms with E-state index in [1.165, 1.54) is 0 Å². The lowest BCUT2D eigenvalue weighted by Crippen LogP contribution is -2.23. The summed E-state index contributed by atoms with van der Waals surface area (Å²) in [6.07, 6.45) is 0.441. The summed E-state index contributed by atoms with van der Waals surface area (Å²) >= 11 is 0. The van der Waals surface area contributed by atoms with Crippen LogP contribution in [0.5, 0.6) is 0 Å². The number of aromatic nitrogens is 2. The molecule has 1 atom stereocenters. The van der Waals surface area contributed by atoms with Crippen molar-refractivity contribution in [3.8, 4) is 11.4 Å². The topological polar surface area (TPSA) is 105 Å². The van der Waals surface area contributed by atoms with E-state index in [0.29, 0.717) is 30.4 Å². The number of nitrogens with two attached hydrogens (primary N) is 1. The highest BCUT2D eigenvalue weighted by atomic mass is 16.1. The number of benzene rings is 1. The average molecular weight is 284 g/mol. The van der Waals surface area contributed by atoms with Crippen LogP contribution in [0.15, 0.2) is 36.4 Å². The van der Waals surface area contributed by atoms with Gasteiger partial charge in [0, 0.05) is 24.6 Å². The van der Waals surface area contributed by atoms with Crippen molar-refractivity contribution in [2.45, 2.75) is 12.5 Å². The molecule has 0 saturated carbocycles. The number of hydrogen-bond donors (Lipinski definition) is 4. The molecule has 108 valence electrons. The highest BCUT2D eigenvalue weighted by Crippen LogP contribution is 2.20. The molecule has 0 bridgehead atoms. The van der Waals surface area contributed by atoms with Crippen molar-refractivity contribution >= 4 is 17.5 Å². The predicted octanol–water partition coefficient (Wildman–Crippen LogP) is 0.730. The standard InChI is InChI=1S/C14H16N6O/c15-20-12-7-11(17-10-6-13(21)16-8-10)18-14(19-12)9-4-2-1-3-5-9/h1-5,7,10H,6,8,15H2,(H,16,21)(H2,17,18,19,20). The first-order valence-corrected chi connectivity index (χ1v) is 6.69. The number of amides is 1. The molecule has 7 heteroatoms. The third-order valence-electron chi connectivity index (χ3n) is 3.24. The molecule has 7 nitrogen and oxygen atoms in total. The number of carbonyl (C=O) groups is 1. The van der Waals surface area contributed by atoms with Gasteiger partial charge < -0.3 is 16.1 Å². The molecule has 2 aromatic rings. The van der Waals surface area contributed by atoms with Crippen molar-refractivity contribution < 1.29 is 4.79 Å². The van der Waals surface area contributed by atoms with E-state index in [1.807, 2.05) is 30.3 Å². The highest BCUT2D eigenvalue weighted by Gasteiger charge is 2.21. The number of nitrogens with one attached hydrogen (secondary N) is 3. The maximum atomic E-state index is 11.2. The zero-order valence-electron chi connectivity index (χ0n) is 11.3. The zero-order chi connectivity index (χ0) is 14.7. The number of nitrogens with zero attached hydrogens (tertiary/aromatic N) is 2. The minimum atomic E-state index is 0.0293. The third kappa shape index (κ3) is 3.09. The fourth-order valence-electron chi connectivity index (χ4n) is 2.23. The molecule has 2 heterocycles. The van der Waals surface area contributed by atoms with E-state index in [2.05, 4.69) is 26.0 Å². The summed E-state index contributed by atoms with van der Waals surface area (Å²) in [5, 5.41) is 6.01. The van der Waals surface area contributed by atoms with Crippen LogP contribution in [0, 0.1) is 0 Å². The molecule has 1 aromatic carbocycles. The second-order valence-corrected chi connectivity index (χ2v) is 4.82. The molecule has 1 aliphatic heterocycles. The number of hydrazine groups is 1. The quantitative estimate of drug-likeness (QED) is 0.487. The lowest BCUT2D eigenvalue weighted by molar-refractivity contribution is -0.119. The molecular formula is C14H16N6O. The largest absolute Gasteiger partial charge is 0.365 e. The van der Waals surface area contributed by atoms with Crippen LogP contribution in [-0.4, -0.2) is 28.5 Å². The van der Waals surface area contributed by atoms with Crippen molar-refractivity contribution in [1.82, 2.24) is 15.3 Å². The van der Waals surface area contributed by atoms with Gasteiger partial charge in [0.1, 0.15) is 11.6 Å². The third-order valence-corrected chi connectivity index (χ3v) is 3.24. The van der Waals surface area contributed by atoms with E-state index < -0.39 is 0 Å². The van der Waals surface area contributed by atoms with Gasteiger partial charge in [0.05, 0.1) is 6.04 Å². The number of nitrogen functional groups attached to an aromatic ring is 1. The number of hydrogen-bond acceptors (Lipinski definition) is 6. The molecule has 21 heavy (non-hydrogen) atoms. The van der Waals surface area contributed by atoms with Crippen molar-refractivity contribution in [2.24, 2.45) is 5.84 Å². The number of carbonyl (C=O) groups excluding carboxylic acids is 1. The van der Waals surface area contributed by atoms with Gasteiger partial charge >= 0.3 is 0 Å². The molecule has 5 N–H and O–H groups in total. The van der Waals surface area contributed by atoms with Gasteiger partial charge in [-0.2, -0.15) is 0 Å². The fourth-order valence-corrected chi connectivity index (χ4v) is 2.23. The predicted molar refractivity (Wildman–Crippen MR) is 80.3 cm³/mol. The maximum Gasteiger partial charge on any atom is 0.222 e. The SMILES string of the molecule is NNc1cc(NC2CNC(=O)C2)nc(-c2ccccc2)n1. The average Bonchev–Trinajstić information content (AvgIpc) is 2.93. The Morgan fingerprint density at radius 3 is 2.62 bits per heavy atom. The smallest absolute Gasteiger partial charge is 0.222 e. The molecule has 1 fully saturated rings. The number of rotatable bonds is 4. The maximum absolute atomic E-state index is 11.2. The van der Waals surface area contributed by atoms with Crippen LogP contribution in [0.1, 0.15) is 6.42 Å². The van der Waals surface area contributed by atoms with Crippen molar-refractivity contribution in [1.29, 1.82) is 0 Å². The zero-order valence-corrected chi connectivity index (χ0v) is 11.3. The van der Waals surface area contributed by atoms with Crippen LogP contribution < -0.4 is 21.9 Å². The van der Waals surface area contributed by atoms with Gasteiger partial charge in [-0.1, -0.05) is 30.3 Å². The van der Waals surface area contributed by atoms with Crippen molar-refractivity contribution in [3.63, 3.8) is 0 Å². The molecule has 3 rings (SSSR count). The second kappa shape index (κ2) is 5.76. The van der Waals surface area contributed by atoms with E-state index in [-0.39, 0.29) is 11.9 Å². The molecule has 1 aromatic heterocycles. The Labute approximate surface area is 122 Å². The van der Waals surface area contributed by atoms with Crippen molar-refractivity contribution in [3.05, 3.63) is 36.4 Å². The Hall–Kier alpha value is -2.67. The summed E-state index contributed by atoms with van der Waals surface area (Å²) in [4.78, 5) is 20.1. The van der Waals surface area contributed by atoms with E-state index in [1.54, 1.807) is 6.07 Å². The Balaban J connectivity index is 1.88. The normalized spacial score (nSPS) is 17.4. The Bertz CT molecular complexity index is 645. The van der Waals surface area contributed by atoms with Gasteiger partial charge in [-0.15, -0.1) is 0 Å². The Morgan fingerprint density at radius 1 is 1.19 bits per heavy atom. The lowest BCUT2D eigenvalue weighted by atomic mass is 10.2. The van der Waals surface area contributed by atoms with Gasteiger partial charge in [0.15, 0.2) is 5.82 Å². The summed E-state index contributed by atoms with van der Waals surface area (Å²) in [5.74, 6) is 7.23. The van der Waals surface area contributed by atoms with Crippen LogP contribution in [0.3, 0.4) is 0 Å². The van der Waals surface area contributed by atoms with Crippen LogP contribution in [0.25, 0.3) is 11.4 Å². The van der Waals surface area contributed by atoms with Crippen LogP contribution in [0.2, 0.25) is 0 Å². The molecule has 0 aliphatic carbocycles. The molecule has 1 amide bonds. The van der Waals surface area contributed by atoms with Crippen LogP contribution in [0.4, 0.5) is 11.6 Å². The van der Waals surface area contributed by atoms with Crippen LogP contribution >= 0.6 is 0 Å². The summed E-state index contributed by atoms with van der Waals surface area (Å²) < 4.78 is 0. The summed E-state index contributed by atoms with van der Waals surface area (Å²) in [6.45, 7) is 0.592. The first-order valence-electron chi connectivity index (χ1n) is 6.69. The Morgan fingerprint density at radius 2 is 1.95 bits per heavy atom. The second-order valence-electron chi connectivity index (χ2n) is 4.82. The van der Waals surface area contributed by atoms with Gasteiger partial charge in [-0.05, 0) is 0 Å². The molecule has 0 radical (unpaired) electrons. The fraction of sp³-hybridized carbons (Fsp3) is 0.214. The van der Waals surface area contributed by atoms with E-state index >= 15 is 0 Å². The van der Waals surface area contributed by atoms with E-state index in [4.69, 9.17) is 5.84 Å². The molecule has 1 saturated heterocycles. The molecule has 1 unspecified atom stereocenters. The van der Waals surface area contributed by atoms with Crippen LogP contribution in [-0.2, 0) is 4.79 Å². The van der Waals surface area contributed by atoms with Crippen molar-refractivity contribution in [2.75, 3.05) is 17.3 Å². The summed E-state index contributed by atoms with van der Waals surface area (Å²) in [7, 11) is 0. The van der Waals surface area contributed by atoms with Gasteiger partial charge in [-0.25, -0.2) is 15.8 Å². The minimum absolute atomic E-state index is 0.0293. The molecule has 1 aliphatic rings. The van der Waals surface area contributed by atoms with Gasteiger partial charge in [0.2, 0.25) is 5.91 Å². The van der Waals surface area contributed by atoms with E-state index in [0.717, 1.165) is 5.56 Å².